The molecule has 1 aromatic carbocycles. The van der Waals surface area contributed by atoms with Crippen molar-refractivity contribution < 1.29 is 9.59 Å². The van der Waals surface area contributed by atoms with Gasteiger partial charge in [-0.2, -0.15) is 5.10 Å². The molecule has 1 atom stereocenters. The number of hydrogen-bond acceptors (Lipinski definition) is 4. The minimum atomic E-state index is -0.840. The fourth-order valence-electron chi connectivity index (χ4n) is 3.48. The predicted octanol–water partition coefficient (Wildman–Crippen LogP) is 1.60. The van der Waals surface area contributed by atoms with Crippen molar-refractivity contribution in [1.29, 1.82) is 0 Å². The van der Waals surface area contributed by atoms with E-state index in [1.165, 1.54) is 0 Å². The van der Waals surface area contributed by atoms with Crippen LogP contribution in [0.5, 0.6) is 0 Å². The van der Waals surface area contributed by atoms with Gasteiger partial charge in [-0.25, -0.2) is 0 Å². The van der Waals surface area contributed by atoms with Gasteiger partial charge in [0.05, 0.1) is 6.54 Å². The van der Waals surface area contributed by atoms with Crippen LogP contribution < -0.4 is 5.32 Å². The van der Waals surface area contributed by atoms with Gasteiger partial charge in [-0.1, -0.05) is 18.2 Å². The topological polar surface area (TPSA) is 70.5 Å². The molecule has 1 N–H and O–H groups in total. The Bertz CT molecular complexity index is 786. The summed E-state index contributed by atoms with van der Waals surface area (Å²) >= 11 is 0. The summed E-state index contributed by atoms with van der Waals surface area (Å²) in [5, 5.41) is 7.61. The number of piperidine rings is 1. The van der Waals surface area contributed by atoms with E-state index in [0.29, 0.717) is 25.2 Å². The van der Waals surface area contributed by atoms with Crippen molar-refractivity contribution >= 4 is 17.5 Å². The molecule has 0 bridgehead atoms. The van der Waals surface area contributed by atoms with Crippen molar-refractivity contribution in [2.24, 2.45) is 7.05 Å². The number of aryl methyl sites for hydroxylation is 1. The first-order valence-electron chi connectivity index (χ1n) is 8.75. The molecule has 1 fully saturated rings. The van der Waals surface area contributed by atoms with Gasteiger partial charge in [0, 0.05) is 39.6 Å². The zero-order valence-corrected chi connectivity index (χ0v) is 15.5. The van der Waals surface area contributed by atoms with Crippen molar-refractivity contribution in [3.8, 4) is 0 Å². The van der Waals surface area contributed by atoms with Gasteiger partial charge < -0.3 is 15.1 Å². The molecule has 26 heavy (non-hydrogen) atoms. The number of aromatic nitrogens is 2. The smallest absolute Gasteiger partial charge is 0.274 e. The first-order chi connectivity index (χ1) is 12.4. The normalized spacial score (nSPS) is 19.9. The fraction of sp³-hybridized carbons (Fsp3) is 0.421. The SMILES string of the molecule is CN(C)C(=O)C1(Nc2ccccc2)CCCN(C(=O)c2ccn(C)n2)C1. The van der Waals surface area contributed by atoms with Crippen molar-refractivity contribution in [3.05, 3.63) is 48.3 Å². The van der Waals surface area contributed by atoms with E-state index in [2.05, 4.69) is 10.4 Å². The number of anilines is 1. The number of likely N-dealkylation sites (N-methyl/N-ethyl adjacent to an activating group) is 1. The summed E-state index contributed by atoms with van der Waals surface area (Å²) in [5.74, 6) is -0.170. The van der Waals surface area contributed by atoms with Gasteiger partial charge in [-0.05, 0) is 31.0 Å². The van der Waals surface area contributed by atoms with Crippen LogP contribution in [0, 0.1) is 0 Å². The van der Waals surface area contributed by atoms with Crippen molar-refractivity contribution in [2.45, 2.75) is 18.4 Å². The Morgan fingerprint density at radius 3 is 2.54 bits per heavy atom. The lowest BCUT2D eigenvalue weighted by atomic mass is 9.86. The minimum absolute atomic E-state index is 0.0279. The monoisotopic (exact) mass is 355 g/mol. The highest BCUT2D eigenvalue weighted by Gasteiger charge is 2.44. The Morgan fingerprint density at radius 2 is 1.92 bits per heavy atom. The quantitative estimate of drug-likeness (QED) is 0.904. The molecule has 1 aliphatic heterocycles. The van der Waals surface area contributed by atoms with Crippen LogP contribution in [0.4, 0.5) is 5.69 Å². The van der Waals surface area contributed by atoms with Crippen LogP contribution in [0.15, 0.2) is 42.6 Å². The molecule has 1 aromatic heterocycles. The molecule has 7 heteroatoms. The summed E-state index contributed by atoms with van der Waals surface area (Å²) in [7, 11) is 5.27. The van der Waals surface area contributed by atoms with Crippen LogP contribution in [0.3, 0.4) is 0 Å². The first kappa shape index (κ1) is 18.0. The Kier molecular flexibility index (Phi) is 4.97. The third kappa shape index (κ3) is 3.56. The molecule has 7 nitrogen and oxygen atoms in total. The van der Waals surface area contributed by atoms with Crippen LogP contribution in [0.1, 0.15) is 23.3 Å². The number of amides is 2. The molecular formula is C19H25N5O2. The Hall–Kier alpha value is -2.83. The molecule has 0 spiro atoms. The summed E-state index contributed by atoms with van der Waals surface area (Å²) < 4.78 is 1.61. The van der Waals surface area contributed by atoms with E-state index in [-0.39, 0.29) is 11.8 Å². The van der Waals surface area contributed by atoms with Gasteiger partial charge in [0.25, 0.3) is 5.91 Å². The summed E-state index contributed by atoms with van der Waals surface area (Å²) in [5.41, 5.74) is 0.434. The molecule has 2 heterocycles. The van der Waals surface area contributed by atoms with Gasteiger partial charge in [-0.3, -0.25) is 14.3 Å². The Labute approximate surface area is 153 Å². The van der Waals surface area contributed by atoms with E-state index >= 15 is 0 Å². The number of carbonyl (C=O) groups excluding carboxylic acids is 2. The van der Waals surface area contributed by atoms with Gasteiger partial charge >= 0.3 is 0 Å². The second kappa shape index (κ2) is 7.19. The lowest BCUT2D eigenvalue weighted by Crippen LogP contribution is -2.62. The Morgan fingerprint density at radius 1 is 1.19 bits per heavy atom. The second-order valence-electron chi connectivity index (χ2n) is 6.98. The largest absolute Gasteiger partial charge is 0.370 e. The highest BCUT2D eigenvalue weighted by atomic mass is 16.2. The predicted molar refractivity (Wildman–Crippen MR) is 99.8 cm³/mol. The maximum absolute atomic E-state index is 13.0. The molecule has 0 saturated carbocycles. The van der Waals surface area contributed by atoms with Gasteiger partial charge in [0.2, 0.25) is 5.91 Å². The number of nitrogens with zero attached hydrogens (tertiary/aromatic N) is 4. The number of likely N-dealkylation sites (tertiary alicyclic amines) is 1. The highest BCUT2D eigenvalue weighted by molar-refractivity contribution is 5.95. The fourth-order valence-corrected chi connectivity index (χ4v) is 3.48. The van der Waals surface area contributed by atoms with Crippen LogP contribution in [-0.4, -0.2) is 64.1 Å². The standard InChI is InChI=1S/C19H25N5O2/c1-22(2)18(26)19(20-15-8-5-4-6-9-15)11-7-12-24(14-19)17(25)16-10-13-23(3)21-16/h4-6,8-10,13,20H,7,11-12,14H2,1-3H3. The van der Waals surface area contributed by atoms with E-state index < -0.39 is 5.54 Å². The number of para-hydroxylation sites is 1. The summed E-state index contributed by atoms with van der Waals surface area (Å²) in [6, 6.07) is 11.4. The van der Waals surface area contributed by atoms with Crippen molar-refractivity contribution in [3.63, 3.8) is 0 Å². The molecule has 0 aliphatic carbocycles. The second-order valence-corrected chi connectivity index (χ2v) is 6.98. The lowest BCUT2D eigenvalue weighted by Gasteiger charge is -2.43. The van der Waals surface area contributed by atoms with Crippen molar-refractivity contribution in [1.82, 2.24) is 19.6 Å². The molecular weight excluding hydrogens is 330 g/mol. The zero-order valence-electron chi connectivity index (χ0n) is 15.5. The lowest BCUT2D eigenvalue weighted by molar-refractivity contribution is -0.135. The third-order valence-electron chi connectivity index (χ3n) is 4.69. The average molecular weight is 355 g/mol. The summed E-state index contributed by atoms with van der Waals surface area (Å²) in [6.45, 7) is 0.933. The highest BCUT2D eigenvalue weighted by Crippen LogP contribution is 2.28. The molecule has 2 amide bonds. The maximum atomic E-state index is 13.0. The van der Waals surface area contributed by atoms with Gasteiger partial charge in [0.15, 0.2) is 0 Å². The molecule has 1 aliphatic rings. The van der Waals surface area contributed by atoms with Crippen LogP contribution in [0.2, 0.25) is 0 Å². The number of hydrogen-bond donors (Lipinski definition) is 1. The average Bonchev–Trinajstić information content (AvgIpc) is 3.07. The molecule has 1 saturated heterocycles. The van der Waals surface area contributed by atoms with E-state index in [4.69, 9.17) is 0 Å². The number of rotatable bonds is 4. The zero-order chi connectivity index (χ0) is 18.7. The van der Waals surface area contributed by atoms with E-state index in [0.717, 1.165) is 12.1 Å². The molecule has 1 unspecified atom stereocenters. The molecule has 138 valence electrons. The van der Waals surface area contributed by atoms with E-state index in [1.54, 1.807) is 47.9 Å². The summed E-state index contributed by atoms with van der Waals surface area (Å²) in [6.07, 6.45) is 3.17. The molecule has 3 rings (SSSR count). The van der Waals surface area contributed by atoms with E-state index in [9.17, 15) is 9.59 Å². The van der Waals surface area contributed by atoms with Crippen molar-refractivity contribution in [2.75, 3.05) is 32.5 Å². The van der Waals surface area contributed by atoms with Gasteiger partial charge in [-0.15, -0.1) is 0 Å². The minimum Gasteiger partial charge on any atom is -0.370 e. The maximum Gasteiger partial charge on any atom is 0.274 e. The van der Waals surface area contributed by atoms with E-state index in [1.807, 2.05) is 30.3 Å². The van der Waals surface area contributed by atoms with Crippen LogP contribution in [0.25, 0.3) is 0 Å². The Balaban J connectivity index is 1.88. The number of carbonyl (C=O) groups is 2. The van der Waals surface area contributed by atoms with Crippen LogP contribution >= 0.6 is 0 Å². The first-order valence-corrected chi connectivity index (χ1v) is 8.75. The number of nitrogens with one attached hydrogen (secondary N) is 1. The third-order valence-corrected chi connectivity index (χ3v) is 4.69. The number of benzene rings is 1. The molecule has 2 aromatic rings. The summed E-state index contributed by atoms with van der Waals surface area (Å²) in [4.78, 5) is 29.2. The molecule has 0 radical (unpaired) electrons. The van der Waals surface area contributed by atoms with Crippen LogP contribution in [-0.2, 0) is 11.8 Å². The van der Waals surface area contributed by atoms with Gasteiger partial charge in [0.1, 0.15) is 11.2 Å².